The van der Waals surface area contributed by atoms with Crippen LogP contribution < -0.4 is 0 Å². The van der Waals surface area contributed by atoms with Crippen LogP contribution in [-0.4, -0.2) is 15.9 Å². The lowest BCUT2D eigenvalue weighted by atomic mass is 9.70. The van der Waals surface area contributed by atoms with Gasteiger partial charge in [-0.05, 0) is 36.3 Å². The van der Waals surface area contributed by atoms with Gasteiger partial charge in [-0.3, -0.25) is 9.78 Å². The Labute approximate surface area is 114 Å². The molecule has 1 aromatic rings. The third-order valence-electron chi connectivity index (χ3n) is 5.92. The summed E-state index contributed by atoms with van der Waals surface area (Å²) in [5, 5.41) is 10.6. The highest BCUT2D eigenvalue weighted by atomic mass is 16.3. The second-order valence-electron chi connectivity index (χ2n) is 6.79. The summed E-state index contributed by atoms with van der Waals surface area (Å²) in [6, 6.07) is 5.49. The molecule has 3 nitrogen and oxygen atoms in total. The van der Waals surface area contributed by atoms with E-state index in [9.17, 15) is 9.90 Å². The van der Waals surface area contributed by atoms with Crippen molar-refractivity contribution in [2.45, 2.75) is 39.7 Å². The standard InChI is InChI=1S/C16H21NO2/c1-15(2)10-7-8-16(15,3)14(19)12(10)13(18)11-6-4-5-9-17-11/h4-6,9-10,12-13,18H,7-8H2,1-3H3/t10-,12+,13+,16+/m1/s1. The molecule has 4 atom stereocenters. The average Bonchev–Trinajstić information content (AvgIpc) is 2.71. The van der Waals surface area contributed by atoms with Gasteiger partial charge in [-0.1, -0.05) is 26.8 Å². The molecule has 2 aliphatic carbocycles. The first-order chi connectivity index (χ1) is 8.89. The number of hydrogen-bond donors (Lipinski definition) is 1. The van der Waals surface area contributed by atoms with Crippen molar-refractivity contribution >= 4 is 5.78 Å². The van der Waals surface area contributed by atoms with E-state index >= 15 is 0 Å². The molecule has 2 fully saturated rings. The molecule has 0 aliphatic heterocycles. The number of aliphatic hydroxyl groups is 1. The minimum absolute atomic E-state index is 0.0233. The van der Waals surface area contributed by atoms with Gasteiger partial charge in [0.1, 0.15) is 11.9 Å². The molecule has 2 bridgehead atoms. The fourth-order valence-corrected chi connectivity index (χ4v) is 4.25. The molecule has 2 saturated carbocycles. The third kappa shape index (κ3) is 1.48. The lowest BCUT2D eigenvalue weighted by Crippen LogP contribution is -2.34. The van der Waals surface area contributed by atoms with Gasteiger partial charge < -0.3 is 5.11 Å². The number of carbonyl (C=O) groups excluding carboxylic acids is 1. The molecular formula is C16H21NO2. The quantitative estimate of drug-likeness (QED) is 0.888. The lowest BCUT2D eigenvalue weighted by molar-refractivity contribution is -0.135. The van der Waals surface area contributed by atoms with Gasteiger partial charge in [-0.25, -0.2) is 0 Å². The van der Waals surface area contributed by atoms with Crippen molar-refractivity contribution in [3.05, 3.63) is 30.1 Å². The van der Waals surface area contributed by atoms with E-state index in [2.05, 4.69) is 25.8 Å². The number of ketones is 1. The van der Waals surface area contributed by atoms with Crippen LogP contribution in [0.5, 0.6) is 0 Å². The van der Waals surface area contributed by atoms with Crippen molar-refractivity contribution in [1.29, 1.82) is 0 Å². The SMILES string of the molecule is CC1(C)[C@@H]2CC[C@@]1(C)C(=O)[C@@H]2[C@@H](O)c1ccccn1. The monoisotopic (exact) mass is 259 g/mol. The normalized spacial score (nSPS) is 37.6. The number of aliphatic hydroxyl groups excluding tert-OH is 1. The van der Waals surface area contributed by atoms with Crippen molar-refractivity contribution < 1.29 is 9.90 Å². The highest BCUT2D eigenvalue weighted by Crippen LogP contribution is 2.67. The second kappa shape index (κ2) is 3.89. The number of rotatable bonds is 2. The first-order valence-corrected chi connectivity index (χ1v) is 7.03. The predicted octanol–water partition coefficient (Wildman–Crippen LogP) is 2.76. The Hall–Kier alpha value is -1.22. The van der Waals surface area contributed by atoms with Crippen molar-refractivity contribution in [3.63, 3.8) is 0 Å². The van der Waals surface area contributed by atoms with Crippen LogP contribution in [0.4, 0.5) is 0 Å². The Bertz CT molecular complexity index is 511. The van der Waals surface area contributed by atoms with E-state index < -0.39 is 6.10 Å². The molecule has 0 aromatic carbocycles. The molecule has 102 valence electrons. The summed E-state index contributed by atoms with van der Waals surface area (Å²) in [6.45, 7) is 6.42. The molecule has 1 aromatic heterocycles. The molecule has 3 heteroatoms. The molecule has 0 radical (unpaired) electrons. The van der Waals surface area contributed by atoms with Gasteiger partial charge in [-0.15, -0.1) is 0 Å². The molecule has 0 unspecified atom stereocenters. The first kappa shape index (κ1) is 12.8. The predicted molar refractivity (Wildman–Crippen MR) is 72.3 cm³/mol. The fraction of sp³-hybridized carbons (Fsp3) is 0.625. The molecular weight excluding hydrogens is 238 g/mol. The minimum atomic E-state index is -0.764. The Balaban J connectivity index is 1.98. The number of fused-ring (bicyclic) bond motifs is 2. The Kier molecular flexibility index (Phi) is 2.62. The van der Waals surface area contributed by atoms with Gasteiger partial charge in [0, 0.05) is 11.6 Å². The van der Waals surface area contributed by atoms with E-state index in [1.54, 1.807) is 12.3 Å². The molecule has 19 heavy (non-hydrogen) atoms. The topological polar surface area (TPSA) is 50.2 Å². The van der Waals surface area contributed by atoms with E-state index in [-0.39, 0.29) is 28.4 Å². The maximum Gasteiger partial charge on any atom is 0.145 e. The number of aromatic nitrogens is 1. The van der Waals surface area contributed by atoms with E-state index in [0.717, 1.165) is 12.8 Å². The van der Waals surface area contributed by atoms with Crippen LogP contribution in [-0.2, 0) is 4.79 Å². The van der Waals surface area contributed by atoms with E-state index in [1.165, 1.54) is 0 Å². The maximum absolute atomic E-state index is 12.7. The molecule has 2 aliphatic rings. The molecule has 1 N–H and O–H groups in total. The van der Waals surface area contributed by atoms with Gasteiger partial charge in [0.2, 0.25) is 0 Å². The Morgan fingerprint density at radius 3 is 2.63 bits per heavy atom. The average molecular weight is 259 g/mol. The van der Waals surface area contributed by atoms with Crippen LogP contribution >= 0.6 is 0 Å². The molecule has 0 amide bonds. The summed E-state index contributed by atoms with van der Waals surface area (Å²) >= 11 is 0. The van der Waals surface area contributed by atoms with E-state index in [4.69, 9.17) is 0 Å². The summed E-state index contributed by atoms with van der Waals surface area (Å²) in [7, 11) is 0. The summed E-state index contributed by atoms with van der Waals surface area (Å²) in [5.41, 5.74) is 0.315. The zero-order valence-electron chi connectivity index (χ0n) is 11.8. The van der Waals surface area contributed by atoms with Gasteiger partial charge in [0.15, 0.2) is 0 Å². The van der Waals surface area contributed by atoms with Crippen molar-refractivity contribution in [2.24, 2.45) is 22.7 Å². The minimum Gasteiger partial charge on any atom is -0.386 e. The van der Waals surface area contributed by atoms with Crippen LogP contribution in [0.2, 0.25) is 0 Å². The van der Waals surface area contributed by atoms with Gasteiger partial charge in [-0.2, -0.15) is 0 Å². The zero-order valence-corrected chi connectivity index (χ0v) is 11.8. The number of nitrogens with zero attached hydrogens (tertiary/aromatic N) is 1. The zero-order chi connectivity index (χ0) is 13.8. The van der Waals surface area contributed by atoms with E-state index in [0.29, 0.717) is 5.69 Å². The highest BCUT2D eigenvalue weighted by molar-refractivity contribution is 5.92. The smallest absolute Gasteiger partial charge is 0.145 e. The van der Waals surface area contributed by atoms with Crippen LogP contribution in [0.15, 0.2) is 24.4 Å². The summed E-state index contributed by atoms with van der Waals surface area (Å²) in [4.78, 5) is 16.9. The fourth-order valence-electron chi connectivity index (χ4n) is 4.25. The lowest BCUT2D eigenvalue weighted by Gasteiger charge is -2.32. The molecule has 1 heterocycles. The Morgan fingerprint density at radius 1 is 1.37 bits per heavy atom. The molecule has 0 spiro atoms. The van der Waals surface area contributed by atoms with Crippen LogP contribution in [0.25, 0.3) is 0 Å². The summed E-state index contributed by atoms with van der Waals surface area (Å²) in [6.07, 6.45) is 2.89. The number of hydrogen-bond acceptors (Lipinski definition) is 3. The number of carbonyl (C=O) groups is 1. The van der Waals surface area contributed by atoms with Gasteiger partial charge in [0.05, 0.1) is 11.6 Å². The third-order valence-corrected chi connectivity index (χ3v) is 5.92. The highest BCUT2D eigenvalue weighted by Gasteiger charge is 2.67. The first-order valence-electron chi connectivity index (χ1n) is 7.03. The van der Waals surface area contributed by atoms with Crippen LogP contribution in [0, 0.1) is 22.7 Å². The van der Waals surface area contributed by atoms with Crippen molar-refractivity contribution in [2.75, 3.05) is 0 Å². The van der Waals surface area contributed by atoms with Crippen molar-refractivity contribution in [1.82, 2.24) is 4.98 Å². The summed E-state index contributed by atoms with van der Waals surface area (Å²) in [5.74, 6) is 0.206. The second-order valence-corrected chi connectivity index (χ2v) is 6.79. The van der Waals surface area contributed by atoms with E-state index in [1.807, 2.05) is 12.1 Å². The van der Waals surface area contributed by atoms with Gasteiger partial charge in [0.25, 0.3) is 0 Å². The van der Waals surface area contributed by atoms with Crippen LogP contribution in [0.1, 0.15) is 45.4 Å². The van der Waals surface area contributed by atoms with Gasteiger partial charge >= 0.3 is 0 Å². The maximum atomic E-state index is 12.7. The largest absolute Gasteiger partial charge is 0.386 e. The number of pyridine rings is 1. The summed E-state index contributed by atoms with van der Waals surface area (Å²) < 4.78 is 0. The molecule has 3 rings (SSSR count). The number of Topliss-reactive ketones (excluding diaryl/α,β-unsaturated/α-hetero) is 1. The van der Waals surface area contributed by atoms with Crippen LogP contribution in [0.3, 0.4) is 0 Å². The van der Waals surface area contributed by atoms with Crippen molar-refractivity contribution in [3.8, 4) is 0 Å². The molecule has 0 saturated heterocycles. The Morgan fingerprint density at radius 2 is 2.11 bits per heavy atom.